The van der Waals surface area contributed by atoms with Crippen LogP contribution < -0.4 is 0 Å². The van der Waals surface area contributed by atoms with E-state index >= 15 is 0 Å². The van der Waals surface area contributed by atoms with Crippen LogP contribution in [0.25, 0.3) is 0 Å². The van der Waals surface area contributed by atoms with Crippen molar-refractivity contribution < 1.29 is 44.6 Å². The zero-order valence-corrected chi connectivity index (χ0v) is 28.0. The van der Waals surface area contributed by atoms with Crippen LogP contribution in [0.1, 0.15) is 93.4 Å². The highest BCUT2D eigenvalue weighted by Crippen LogP contribution is 2.72. The Morgan fingerprint density at radius 1 is 1.09 bits per heavy atom. The number of Topliss-reactive ketones (excluding diaryl/α,β-unsaturated/α-hetero) is 1. The molecule has 0 unspecified atom stereocenters. The van der Waals surface area contributed by atoms with E-state index in [0.717, 1.165) is 32.1 Å². The summed E-state index contributed by atoms with van der Waals surface area (Å²) in [7, 11) is 0. The average Bonchev–Trinajstić information content (AvgIpc) is 3.27. The van der Waals surface area contributed by atoms with Gasteiger partial charge in [0.2, 0.25) is 0 Å². The molecule has 0 amide bonds. The number of fused-ring (bicyclic) bond motifs is 5. The minimum Gasteiger partial charge on any atom is -0.478 e. The van der Waals surface area contributed by atoms with Gasteiger partial charge in [-0.05, 0) is 79.8 Å². The summed E-state index contributed by atoms with van der Waals surface area (Å²) >= 11 is 0. The first-order valence-electron chi connectivity index (χ1n) is 16.8. The summed E-state index contributed by atoms with van der Waals surface area (Å²) in [4.78, 5) is 24.5. The molecular formula is C36H54O9. The van der Waals surface area contributed by atoms with E-state index in [9.17, 15) is 35.1 Å². The fourth-order valence-corrected chi connectivity index (χ4v) is 10.1. The third kappa shape index (κ3) is 5.21. The van der Waals surface area contributed by atoms with E-state index in [1.54, 1.807) is 13.0 Å². The number of carboxylic acid groups (broad SMARTS) is 1. The highest BCUT2D eigenvalue weighted by molar-refractivity contribution is 5.86. The number of ketones is 1. The summed E-state index contributed by atoms with van der Waals surface area (Å²) in [5, 5.41) is 51.3. The Balaban J connectivity index is 1.58. The van der Waals surface area contributed by atoms with Crippen LogP contribution in [0, 0.1) is 39.4 Å². The molecule has 0 spiro atoms. The maximum atomic E-state index is 13.1. The second-order valence-corrected chi connectivity index (χ2v) is 15.8. The zero-order chi connectivity index (χ0) is 33.3. The van der Waals surface area contributed by atoms with Gasteiger partial charge in [0.25, 0.3) is 0 Å². The lowest BCUT2D eigenvalue weighted by Crippen LogP contribution is -2.62. The first-order chi connectivity index (χ1) is 20.9. The predicted octanol–water partition coefficient (Wildman–Crippen LogP) is 4.32. The molecule has 0 aromatic rings. The van der Waals surface area contributed by atoms with Gasteiger partial charge in [0.05, 0.1) is 12.7 Å². The molecule has 1 aliphatic heterocycles. The summed E-state index contributed by atoms with van der Waals surface area (Å²) in [5.41, 5.74) is 1.35. The molecule has 5 aliphatic rings. The van der Waals surface area contributed by atoms with Gasteiger partial charge < -0.3 is 35.0 Å². The molecule has 9 nitrogen and oxygen atoms in total. The van der Waals surface area contributed by atoms with Gasteiger partial charge in [-0.2, -0.15) is 0 Å². The Labute approximate surface area is 267 Å². The second kappa shape index (κ2) is 12.0. The molecule has 0 bridgehead atoms. The number of aliphatic carboxylic acids is 1. The lowest BCUT2D eigenvalue weighted by molar-refractivity contribution is -0.319. The molecule has 9 heteroatoms. The molecule has 0 radical (unpaired) electrons. The summed E-state index contributed by atoms with van der Waals surface area (Å²) in [6.45, 7) is 14.3. The molecule has 252 valence electrons. The average molecular weight is 631 g/mol. The molecule has 3 fully saturated rings. The second-order valence-electron chi connectivity index (χ2n) is 15.8. The van der Waals surface area contributed by atoms with Crippen molar-refractivity contribution in [3.8, 4) is 0 Å². The number of ether oxygens (including phenoxy) is 2. The minimum absolute atomic E-state index is 0.127. The molecule has 1 saturated heterocycles. The van der Waals surface area contributed by atoms with Crippen molar-refractivity contribution in [3.05, 3.63) is 34.9 Å². The van der Waals surface area contributed by atoms with E-state index in [0.29, 0.717) is 24.2 Å². The zero-order valence-electron chi connectivity index (χ0n) is 28.0. The number of hydrogen-bond donors (Lipinski definition) is 5. The minimum atomic E-state index is -1.55. The van der Waals surface area contributed by atoms with E-state index in [4.69, 9.17) is 9.47 Å². The Morgan fingerprint density at radius 2 is 1.78 bits per heavy atom. The molecule has 0 aromatic carbocycles. The number of aliphatic hydroxyl groups is 4. The summed E-state index contributed by atoms with van der Waals surface area (Å²) < 4.78 is 12.7. The van der Waals surface area contributed by atoms with Crippen LogP contribution in [0.3, 0.4) is 0 Å². The Bertz CT molecular complexity index is 1280. The maximum Gasteiger partial charge on any atom is 0.330 e. The molecule has 4 aliphatic carbocycles. The van der Waals surface area contributed by atoms with Crippen molar-refractivity contribution in [1.29, 1.82) is 0 Å². The number of carbonyl (C=O) groups excluding carboxylic acids is 1. The highest BCUT2D eigenvalue weighted by atomic mass is 16.7. The van der Waals surface area contributed by atoms with Gasteiger partial charge in [-0.25, -0.2) is 4.79 Å². The van der Waals surface area contributed by atoms with Crippen LogP contribution >= 0.6 is 0 Å². The molecular weight excluding hydrogens is 576 g/mol. The monoisotopic (exact) mass is 630 g/mol. The fourth-order valence-electron chi connectivity index (χ4n) is 10.1. The smallest absolute Gasteiger partial charge is 0.330 e. The number of rotatable bonds is 8. The Morgan fingerprint density at radius 3 is 2.42 bits per heavy atom. The van der Waals surface area contributed by atoms with Crippen molar-refractivity contribution in [2.24, 2.45) is 39.4 Å². The van der Waals surface area contributed by atoms with Crippen molar-refractivity contribution >= 4 is 11.8 Å². The largest absolute Gasteiger partial charge is 0.478 e. The fraction of sp³-hybridized carbons (Fsp3) is 0.778. The van der Waals surface area contributed by atoms with E-state index in [1.807, 2.05) is 0 Å². The number of carboxylic acids is 1. The number of aliphatic hydroxyl groups excluding tert-OH is 4. The van der Waals surface area contributed by atoms with Gasteiger partial charge in [0.15, 0.2) is 6.29 Å². The van der Waals surface area contributed by atoms with Crippen LogP contribution in [0.5, 0.6) is 0 Å². The Kier molecular flexibility index (Phi) is 9.17. The standard InChI is InChI=1S/C36H54O9/c1-19(9-8-10-20(2)31(42)43)21-13-16-35(6)22-11-12-25-33(3,4)26(38)14-15-34(25,5)23(22)17-27(36(21,35)7)45-32-30(41)29(40)28(39)24(18-37)44-32/h10-11,17,19,21,24-25,27-30,32,37,39-41H,8-9,12-16,18H2,1-7H3,(H,42,43)/b20-10-/t19-,21-,24-,25-,27-,28+,29-,30+,32-,34-,35+,36+/m1/s1. The molecule has 0 aromatic heterocycles. The lowest BCUT2D eigenvalue weighted by Gasteiger charge is -2.61. The van der Waals surface area contributed by atoms with Gasteiger partial charge in [0.1, 0.15) is 30.2 Å². The predicted molar refractivity (Wildman–Crippen MR) is 168 cm³/mol. The van der Waals surface area contributed by atoms with Crippen molar-refractivity contribution in [1.82, 2.24) is 0 Å². The van der Waals surface area contributed by atoms with Crippen LogP contribution in [0.4, 0.5) is 0 Å². The van der Waals surface area contributed by atoms with Crippen LogP contribution in [0.2, 0.25) is 0 Å². The number of carbonyl (C=O) groups is 2. The van der Waals surface area contributed by atoms with Crippen LogP contribution in [-0.2, 0) is 19.1 Å². The molecule has 12 atom stereocenters. The molecule has 1 heterocycles. The van der Waals surface area contributed by atoms with Crippen molar-refractivity contribution in [2.45, 2.75) is 130 Å². The van der Waals surface area contributed by atoms with Gasteiger partial charge in [-0.1, -0.05) is 59.8 Å². The van der Waals surface area contributed by atoms with Gasteiger partial charge in [-0.15, -0.1) is 0 Å². The topological polar surface area (TPSA) is 154 Å². The van der Waals surface area contributed by atoms with Gasteiger partial charge >= 0.3 is 5.97 Å². The lowest BCUT2D eigenvalue weighted by atomic mass is 9.43. The first kappa shape index (κ1) is 34.5. The third-order valence-corrected chi connectivity index (χ3v) is 13.3. The van der Waals surface area contributed by atoms with Crippen molar-refractivity contribution in [2.75, 3.05) is 6.61 Å². The summed E-state index contributed by atoms with van der Waals surface area (Å²) in [6.07, 6.45) is 4.31. The van der Waals surface area contributed by atoms with E-state index < -0.39 is 60.2 Å². The normalized spacial score (nSPS) is 45.1. The van der Waals surface area contributed by atoms with E-state index in [2.05, 4.69) is 53.7 Å². The van der Waals surface area contributed by atoms with Crippen molar-refractivity contribution in [3.63, 3.8) is 0 Å². The molecule has 5 rings (SSSR count). The highest BCUT2D eigenvalue weighted by Gasteiger charge is 2.67. The summed E-state index contributed by atoms with van der Waals surface area (Å²) in [5.74, 6) is -0.0775. The molecule has 5 N–H and O–H groups in total. The van der Waals surface area contributed by atoms with Crippen LogP contribution in [0.15, 0.2) is 34.9 Å². The van der Waals surface area contributed by atoms with E-state index in [-0.39, 0.29) is 28.6 Å². The first-order valence-corrected chi connectivity index (χ1v) is 16.8. The molecule has 45 heavy (non-hydrogen) atoms. The summed E-state index contributed by atoms with van der Waals surface area (Å²) in [6, 6.07) is 0. The Hall–Kier alpha value is -1.88. The quantitative estimate of drug-likeness (QED) is 0.247. The maximum absolute atomic E-state index is 13.1. The van der Waals surface area contributed by atoms with Crippen LogP contribution in [-0.4, -0.2) is 80.7 Å². The molecule has 2 saturated carbocycles. The number of hydrogen-bond acceptors (Lipinski definition) is 8. The van der Waals surface area contributed by atoms with Gasteiger partial charge in [-0.3, -0.25) is 4.79 Å². The van der Waals surface area contributed by atoms with Gasteiger partial charge in [0, 0.05) is 28.2 Å². The number of allylic oxidation sites excluding steroid dienone is 4. The third-order valence-electron chi connectivity index (χ3n) is 13.3. The van der Waals surface area contributed by atoms with E-state index in [1.165, 1.54) is 11.1 Å². The SMILES string of the molecule is C/C(=C/CC[C@@H](C)[C@H]1CC[C@@]2(C)C3=CC[C@@H]4C(C)(C)C(=O)CC[C@]4(C)C3=C[C@@H](O[C@H]3O[C@H](CO)[C@H](O)[C@@H](O)[C@@H]3O)[C@]12C)C(=O)O.